The van der Waals surface area contributed by atoms with E-state index >= 15 is 0 Å². The highest BCUT2D eigenvalue weighted by Crippen LogP contribution is 2.16. The number of anilines is 1. The number of piperazine rings is 1. The highest BCUT2D eigenvalue weighted by atomic mass is 16.6. The van der Waals surface area contributed by atoms with Gasteiger partial charge in [-0.1, -0.05) is 18.2 Å². The summed E-state index contributed by atoms with van der Waals surface area (Å²) in [5, 5.41) is 3.48. The zero-order chi connectivity index (χ0) is 19.8. The minimum Gasteiger partial charge on any atom is -0.450 e. The van der Waals surface area contributed by atoms with Crippen molar-refractivity contribution >= 4 is 17.7 Å². The van der Waals surface area contributed by atoms with Gasteiger partial charge in [0.05, 0.1) is 6.61 Å². The molecule has 2 fully saturated rings. The van der Waals surface area contributed by atoms with Crippen molar-refractivity contribution in [3.63, 3.8) is 0 Å². The van der Waals surface area contributed by atoms with Crippen molar-refractivity contribution in [1.29, 1.82) is 0 Å². The molecule has 7 nitrogen and oxygen atoms in total. The number of likely N-dealkylation sites (tertiary alicyclic amines) is 1. The molecule has 154 valence electrons. The first-order chi connectivity index (χ1) is 13.7. The van der Waals surface area contributed by atoms with Crippen LogP contribution in [0.4, 0.5) is 10.5 Å². The number of nitrogens with one attached hydrogen (secondary N) is 1. The van der Waals surface area contributed by atoms with Gasteiger partial charge in [0.2, 0.25) is 5.91 Å². The molecule has 0 radical (unpaired) electrons. The second kappa shape index (κ2) is 10.3. The van der Waals surface area contributed by atoms with E-state index in [-0.39, 0.29) is 12.0 Å². The third-order valence-electron chi connectivity index (χ3n) is 5.55. The van der Waals surface area contributed by atoms with Crippen LogP contribution >= 0.6 is 0 Å². The van der Waals surface area contributed by atoms with Crippen molar-refractivity contribution in [3.8, 4) is 0 Å². The predicted molar refractivity (Wildman–Crippen MR) is 109 cm³/mol. The van der Waals surface area contributed by atoms with Gasteiger partial charge in [-0.15, -0.1) is 0 Å². The monoisotopic (exact) mass is 388 g/mol. The fourth-order valence-corrected chi connectivity index (χ4v) is 3.88. The molecule has 0 spiro atoms. The summed E-state index contributed by atoms with van der Waals surface area (Å²) in [4.78, 5) is 30.3. The van der Waals surface area contributed by atoms with Crippen LogP contribution in [0.2, 0.25) is 0 Å². The van der Waals surface area contributed by atoms with Crippen LogP contribution in [0.3, 0.4) is 0 Å². The Balaban J connectivity index is 1.31. The molecule has 2 amide bonds. The molecule has 0 atom stereocenters. The van der Waals surface area contributed by atoms with E-state index in [1.165, 1.54) is 5.69 Å². The second-order valence-electron chi connectivity index (χ2n) is 7.37. The Morgan fingerprint density at radius 1 is 1.00 bits per heavy atom. The third-order valence-corrected chi connectivity index (χ3v) is 5.55. The SMILES string of the molecule is CCOC(=O)N1CCC(NCCC(=O)N2CCN(c3ccccc3)CC2)CC1. The molecule has 2 heterocycles. The number of amides is 2. The summed E-state index contributed by atoms with van der Waals surface area (Å²) in [6.07, 6.45) is 2.13. The van der Waals surface area contributed by atoms with Crippen LogP contribution in [0.25, 0.3) is 0 Å². The van der Waals surface area contributed by atoms with Crippen molar-refractivity contribution in [2.24, 2.45) is 0 Å². The van der Waals surface area contributed by atoms with Gasteiger partial charge >= 0.3 is 6.09 Å². The van der Waals surface area contributed by atoms with Crippen molar-refractivity contribution in [2.75, 3.05) is 57.3 Å². The standard InChI is InChI=1S/C21H32N4O3/c1-2-28-21(27)25-12-9-18(10-13-25)22-11-8-20(26)24-16-14-23(15-17-24)19-6-4-3-5-7-19/h3-7,18,22H,2,8-17H2,1H3. The summed E-state index contributed by atoms with van der Waals surface area (Å²) in [5.74, 6) is 0.226. The molecule has 0 aromatic heterocycles. The molecule has 1 aromatic rings. The number of para-hydroxylation sites is 1. The van der Waals surface area contributed by atoms with E-state index in [0.29, 0.717) is 38.7 Å². The van der Waals surface area contributed by atoms with E-state index in [1.54, 1.807) is 4.90 Å². The fourth-order valence-electron chi connectivity index (χ4n) is 3.88. The van der Waals surface area contributed by atoms with E-state index in [4.69, 9.17) is 4.74 Å². The maximum absolute atomic E-state index is 12.5. The lowest BCUT2D eigenvalue weighted by molar-refractivity contribution is -0.131. The molecule has 0 aliphatic carbocycles. The average molecular weight is 389 g/mol. The van der Waals surface area contributed by atoms with Crippen molar-refractivity contribution in [3.05, 3.63) is 30.3 Å². The van der Waals surface area contributed by atoms with Crippen molar-refractivity contribution in [2.45, 2.75) is 32.2 Å². The summed E-state index contributed by atoms with van der Waals surface area (Å²) in [7, 11) is 0. The first-order valence-electron chi connectivity index (χ1n) is 10.4. The molecule has 1 N–H and O–H groups in total. The maximum atomic E-state index is 12.5. The van der Waals surface area contributed by atoms with Gasteiger partial charge in [-0.3, -0.25) is 4.79 Å². The van der Waals surface area contributed by atoms with Gasteiger partial charge in [-0.25, -0.2) is 4.79 Å². The first kappa shape index (κ1) is 20.5. The molecule has 2 aliphatic rings. The largest absolute Gasteiger partial charge is 0.450 e. The quantitative estimate of drug-likeness (QED) is 0.807. The lowest BCUT2D eigenvalue weighted by atomic mass is 10.1. The lowest BCUT2D eigenvalue weighted by Crippen LogP contribution is -2.49. The summed E-state index contributed by atoms with van der Waals surface area (Å²) in [6, 6.07) is 10.7. The van der Waals surface area contributed by atoms with Crippen LogP contribution in [0, 0.1) is 0 Å². The smallest absolute Gasteiger partial charge is 0.409 e. The second-order valence-corrected chi connectivity index (χ2v) is 7.37. The minimum atomic E-state index is -0.217. The summed E-state index contributed by atoms with van der Waals surface area (Å²) < 4.78 is 5.05. The van der Waals surface area contributed by atoms with Gasteiger partial charge in [0.15, 0.2) is 0 Å². The van der Waals surface area contributed by atoms with Crippen molar-refractivity contribution < 1.29 is 14.3 Å². The van der Waals surface area contributed by atoms with Crippen molar-refractivity contribution in [1.82, 2.24) is 15.1 Å². The van der Waals surface area contributed by atoms with Crippen LogP contribution in [-0.4, -0.2) is 80.3 Å². The van der Waals surface area contributed by atoms with Crippen LogP contribution in [-0.2, 0) is 9.53 Å². The Bertz CT molecular complexity index is 624. The van der Waals surface area contributed by atoms with Gasteiger partial charge in [-0.05, 0) is 31.9 Å². The zero-order valence-corrected chi connectivity index (χ0v) is 16.8. The number of carbonyl (C=O) groups excluding carboxylic acids is 2. The highest BCUT2D eigenvalue weighted by Gasteiger charge is 2.24. The topological polar surface area (TPSA) is 65.1 Å². The van der Waals surface area contributed by atoms with Crippen LogP contribution in [0.1, 0.15) is 26.2 Å². The maximum Gasteiger partial charge on any atom is 0.409 e. The molecule has 1 aromatic carbocycles. The highest BCUT2D eigenvalue weighted by molar-refractivity contribution is 5.76. The first-order valence-corrected chi connectivity index (χ1v) is 10.4. The summed E-state index contributed by atoms with van der Waals surface area (Å²) >= 11 is 0. The number of hydrogen-bond acceptors (Lipinski definition) is 5. The Morgan fingerprint density at radius 2 is 1.68 bits per heavy atom. The molecule has 2 saturated heterocycles. The molecule has 3 rings (SSSR count). The van der Waals surface area contributed by atoms with Gasteiger partial charge < -0.3 is 24.8 Å². The van der Waals surface area contributed by atoms with Crippen LogP contribution in [0.15, 0.2) is 30.3 Å². The fraction of sp³-hybridized carbons (Fsp3) is 0.619. The van der Waals surface area contributed by atoms with E-state index in [0.717, 1.165) is 39.0 Å². The number of nitrogens with zero attached hydrogens (tertiary/aromatic N) is 3. The Kier molecular flexibility index (Phi) is 7.54. The Hall–Kier alpha value is -2.28. The van der Waals surface area contributed by atoms with Gasteiger partial charge in [0, 0.05) is 64.0 Å². The molecule has 7 heteroatoms. The molecular weight excluding hydrogens is 356 g/mol. The molecule has 0 unspecified atom stereocenters. The van der Waals surface area contributed by atoms with Gasteiger partial charge in [0.1, 0.15) is 0 Å². The van der Waals surface area contributed by atoms with Gasteiger partial charge in [0.25, 0.3) is 0 Å². The number of carbonyl (C=O) groups is 2. The van der Waals surface area contributed by atoms with E-state index in [9.17, 15) is 9.59 Å². The third kappa shape index (κ3) is 5.61. The molecule has 0 bridgehead atoms. The molecular formula is C21H32N4O3. The number of rotatable bonds is 6. The van der Waals surface area contributed by atoms with E-state index in [2.05, 4.69) is 34.5 Å². The van der Waals surface area contributed by atoms with Gasteiger partial charge in [-0.2, -0.15) is 0 Å². The number of hydrogen-bond donors (Lipinski definition) is 1. The molecule has 2 aliphatic heterocycles. The number of piperidine rings is 1. The predicted octanol–water partition coefficient (Wildman–Crippen LogP) is 1.94. The summed E-state index contributed by atoms with van der Waals surface area (Å²) in [6.45, 7) is 7.70. The lowest BCUT2D eigenvalue weighted by Gasteiger charge is -2.36. The van der Waals surface area contributed by atoms with E-state index in [1.807, 2.05) is 17.9 Å². The number of ether oxygens (including phenoxy) is 1. The summed E-state index contributed by atoms with van der Waals surface area (Å²) in [5.41, 5.74) is 1.23. The molecule has 0 saturated carbocycles. The van der Waals surface area contributed by atoms with Crippen LogP contribution in [0.5, 0.6) is 0 Å². The normalized spacial score (nSPS) is 18.2. The molecule has 28 heavy (non-hydrogen) atoms. The van der Waals surface area contributed by atoms with E-state index < -0.39 is 0 Å². The average Bonchev–Trinajstić information content (AvgIpc) is 2.75. The van der Waals surface area contributed by atoms with Crippen LogP contribution < -0.4 is 10.2 Å². The Labute approximate surface area is 167 Å². The minimum absolute atomic E-state index is 0.217. The zero-order valence-electron chi connectivity index (χ0n) is 16.8. The Morgan fingerprint density at radius 3 is 2.32 bits per heavy atom. The number of benzene rings is 1.